The van der Waals surface area contributed by atoms with Gasteiger partial charge in [-0.15, -0.1) is 0 Å². The molecule has 2 rings (SSSR count). The Balaban J connectivity index is 1.96. The van der Waals surface area contributed by atoms with Crippen molar-refractivity contribution in [3.05, 3.63) is 58.6 Å². The molecule has 0 bridgehead atoms. The Kier molecular flexibility index (Phi) is 4.94. The van der Waals surface area contributed by atoms with E-state index in [9.17, 15) is 9.59 Å². The number of carboxylic acid groups (broad SMARTS) is 1. The molecule has 108 valence electrons. The van der Waals surface area contributed by atoms with Gasteiger partial charge in [-0.25, -0.2) is 9.59 Å². The number of carbonyl (C=O) groups excluding carboxylic acids is 1. The van der Waals surface area contributed by atoms with E-state index in [1.807, 2.05) is 0 Å². The lowest BCUT2D eigenvalue weighted by atomic mass is 10.2. The predicted octanol–water partition coefficient (Wildman–Crippen LogP) is 3.13. The van der Waals surface area contributed by atoms with Gasteiger partial charge in [-0.3, -0.25) is 0 Å². The highest BCUT2D eigenvalue weighted by Crippen LogP contribution is 2.19. The highest BCUT2D eigenvalue weighted by atomic mass is 79.9. The fourth-order valence-corrected chi connectivity index (χ4v) is 1.82. The summed E-state index contributed by atoms with van der Waals surface area (Å²) in [5, 5.41) is 8.99. The van der Waals surface area contributed by atoms with Crippen LogP contribution in [0, 0.1) is 0 Å². The van der Waals surface area contributed by atoms with E-state index in [1.54, 1.807) is 36.4 Å². The fourth-order valence-electron chi connectivity index (χ4n) is 1.56. The first kappa shape index (κ1) is 15.1. The molecule has 0 radical (unpaired) electrons. The van der Waals surface area contributed by atoms with Crippen LogP contribution in [-0.2, 0) is 4.79 Å². The summed E-state index contributed by atoms with van der Waals surface area (Å²) in [5.41, 5.74) is -0.0745. The highest BCUT2D eigenvalue weighted by molar-refractivity contribution is 9.10. The van der Waals surface area contributed by atoms with Crippen molar-refractivity contribution in [3.63, 3.8) is 0 Å². The number of aromatic carboxylic acids is 1. The minimum atomic E-state index is -1.16. The average molecular weight is 351 g/mol. The molecule has 21 heavy (non-hydrogen) atoms. The third-order valence-electron chi connectivity index (χ3n) is 2.51. The third-order valence-corrected chi connectivity index (χ3v) is 3.04. The van der Waals surface area contributed by atoms with Crippen molar-refractivity contribution < 1.29 is 24.2 Å². The number of ether oxygens (including phenoxy) is 2. The number of halogens is 1. The van der Waals surface area contributed by atoms with Crippen LogP contribution in [0.4, 0.5) is 0 Å². The fraction of sp³-hybridized carbons (Fsp3) is 0.0667. The smallest absolute Gasteiger partial charge is 0.349 e. The van der Waals surface area contributed by atoms with E-state index in [-0.39, 0.29) is 17.9 Å². The number of carbonyl (C=O) groups is 2. The van der Waals surface area contributed by atoms with Crippen LogP contribution in [-0.4, -0.2) is 23.7 Å². The van der Waals surface area contributed by atoms with E-state index in [2.05, 4.69) is 15.9 Å². The topological polar surface area (TPSA) is 72.8 Å². The molecule has 0 atom stereocenters. The van der Waals surface area contributed by atoms with Crippen molar-refractivity contribution in [2.75, 3.05) is 6.61 Å². The zero-order valence-corrected chi connectivity index (χ0v) is 12.4. The molecule has 0 aliphatic rings. The van der Waals surface area contributed by atoms with Gasteiger partial charge in [0.1, 0.15) is 17.1 Å². The largest absolute Gasteiger partial charge is 0.482 e. The maximum atomic E-state index is 11.7. The minimum Gasteiger partial charge on any atom is -0.482 e. The van der Waals surface area contributed by atoms with Crippen LogP contribution in [0.3, 0.4) is 0 Å². The lowest BCUT2D eigenvalue weighted by Crippen LogP contribution is -2.19. The van der Waals surface area contributed by atoms with Gasteiger partial charge in [-0.05, 0) is 36.4 Å². The van der Waals surface area contributed by atoms with Crippen molar-refractivity contribution in [3.8, 4) is 11.5 Å². The molecule has 0 unspecified atom stereocenters. The quantitative estimate of drug-likeness (QED) is 0.662. The zero-order valence-electron chi connectivity index (χ0n) is 10.8. The van der Waals surface area contributed by atoms with Gasteiger partial charge >= 0.3 is 11.9 Å². The number of esters is 1. The number of para-hydroxylation sites is 1. The Labute approximate surface area is 129 Å². The molecule has 2 aromatic carbocycles. The maximum Gasteiger partial charge on any atom is 0.349 e. The van der Waals surface area contributed by atoms with Crippen molar-refractivity contribution in [2.24, 2.45) is 0 Å². The van der Waals surface area contributed by atoms with Gasteiger partial charge in [0.2, 0.25) is 0 Å². The van der Waals surface area contributed by atoms with E-state index in [4.69, 9.17) is 14.6 Å². The minimum absolute atomic E-state index is 0.00518. The normalized spacial score (nSPS) is 9.95. The summed E-state index contributed by atoms with van der Waals surface area (Å²) < 4.78 is 11.1. The molecule has 0 spiro atoms. The lowest BCUT2D eigenvalue weighted by Gasteiger charge is -2.08. The summed E-state index contributed by atoms with van der Waals surface area (Å²) in [5.74, 6) is -1.32. The monoisotopic (exact) mass is 350 g/mol. The Bertz CT molecular complexity index is 651. The van der Waals surface area contributed by atoms with Crippen LogP contribution in [0.5, 0.6) is 11.5 Å². The number of hydrogen-bond donors (Lipinski definition) is 1. The second-order valence-corrected chi connectivity index (χ2v) is 4.93. The van der Waals surface area contributed by atoms with Crippen molar-refractivity contribution in [1.29, 1.82) is 0 Å². The van der Waals surface area contributed by atoms with Crippen LogP contribution in [0.1, 0.15) is 10.4 Å². The molecule has 1 N–H and O–H groups in total. The molecular formula is C15H11BrO5. The molecule has 0 aromatic heterocycles. The Hall–Kier alpha value is -2.34. The zero-order chi connectivity index (χ0) is 15.2. The number of hydrogen-bond acceptors (Lipinski definition) is 4. The van der Waals surface area contributed by atoms with E-state index >= 15 is 0 Å². The summed E-state index contributed by atoms with van der Waals surface area (Å²) >= 11 is 3.29. The van der Waals surface area contributed by atoms with Crippen LogP contribution in [0.25, 0.3) is 0 Å². The van der Waals surface area contributed by atoms with Crippen LogP contribution >= 0.6 is 15.9 Å². The molecule has 0 heterocycles. The standard InChI is InChI=1S/C15H11BrO5/c16-10-5-7-11(8-6-10)20-9-14(17)21-13-4-2-1-3-12(13)15(18)19/h1-8H,9H2,(H,18,19). The number of carboxylic acids is 1. The second kappa shape index (κ2) is 6.90. The van der Waals surface area contributed by atoms with Gasteiger partial charge in [-0.2, -0.15) is 0 Å². The van der Waals surface area contributed by atoms with Gasteiger partial charge < -0.3 is 14.6 Å². The summed E-state index contributed by atoms with van der Waals surface area (Å²) in [7, 11) is 0. The van der Waals surface area contributed by atoms with Gasteiger partial charge in [0.25, 0.3) is 0 Å². The lowest BCUT2D eigenvalue weighted by molar-refractivity contribution is -0.136. The maximum absolute atomic E-state index is 11.7. The summed E-state index contributed by atoms with van der Waals surface area (Å²) in [6.07, 6.45) is 0. The van der Waals surface area contributed by atoms with Crippen molar-refractivity contribution in [2.45, 2.75) is 0 Å². The van der Waals surface area contributed by atoms with Gasteiger partial charge in [-0.1, -0.05) is 28.1 Å². The van der Waals surface area contributed by atoms with Crippen LogP contribution < -0.4 is 9.47 Å². The molecule has 6 heteroatoms. The molecular weight excluding hydrogens is 340 g/mol. The highest BCUT2D eigenvalue weighted by Gasteiger charge is 2.14. The van der Waals surface area contributed by atoms with Crippen molar-refractivity contribution in [1.82, 2.24) is 0 Å². The first-order chi connectivity index (χ1) is 10.1. The first-order valence-corrected chi connectivity index (χ1v) is 6.77. The first-order valence-electron chi connectivity index (χ1n) is 5.97. The summed E-state index contributed by atoms with van der Waals surface area (Å²) in [4.78, 5) is 22.7. The molecule has 0 aliphatic carbocycles. The number of rotatable bonds is 5. The third kappa shape index (κ3) is 4.32. The van der Waals surface area contributed by atoms with E-state index in [1.165, 1.54) is 12.1 Å². The Morgan fingerprint density at radius 1 is 1.05 bits per heavy atom. The molecule has 0 amide bonds. The average Bonchev–Trinajstić information content (AvgIpc) is 2.47. The predicted molar refractivity (Wildman–Crippen MR) is 78.7 cm³/mol. The van der Waals surface area contributed by atoms with E-state index in [0.717, 1.165) is 4.47 Å². The Morgan fingerprint density at radius 2 is 1.71 bits per heavy atom. The van der Waals surface area contributed by atoms with Gasteiger partial charge in [0.15, 0.2) is 6.61 Å². The van der Waals surface area contributed by atoms with E-state index < -0.39 is 11.9 Å². The van der Waals surface area contributed by atoms with Crippen LogP contribution in [0.15, 0.2) is 53.0 Å². The molecule has 5 nitrogen and oxygen atoms in total. The van der Waals surface area contributed by atoms with Gasteiger partial charge in [0, 0.05) is 4.47 Å². The second-order valence-electron chi connectivity index (χ2n) is 4.02. The summed E-state index contributed by atoms with van der Waals surface area (Å²) in [6, 6.07) is 12.9. The molecule has 0 saturated carbocycles. The SMILES string of the molecule is O=C(COc1ccc(Br)cc1)Oc1ccccc1C(=O)O. The van der Waals surface area contributed by atoms with Crippen LogP contribution in [0.2, 0.25) is 0 Å². The molecule has 0 aliphatic heterocycles. The molecule has 0 fully saturated rings. The summed E-state index contributed by atoms with van der Waals surface area (Å²) in [6.45, 7) is -0.310. The molecule has 0 saturated heterocycles. The van der Waals surface area contributed by atoms with Crippen molar-refractivity contribution >= 4 is 27.9 Å². The molecule has 2 aromatic rings. The Morgan fingerprint density at radius 3 is 2.38 bits per heavy atom. The van der Waals surface area contributed by atoms with E-state index in [0.29, 0.717) is 5.75 Å². The van der Waals surface area contributed by atoms with Gasteiger partial charge in [0.05, 0.1) is 0 Å². The number of benzene rings is 2.